The van der Waals surface area contributed by atoms with Crippen molar-refractivity contribution in [2.24, 2.45) is 0 Å². The lowest BCUT2D eigenvalue weighted by Crippen LogP contribution is -2.23. The first kappa shape index (κ1) is 11.1. The zero-order valence-corrected chi connectivity index (χ0v) is 9.79. The Hall–Kier alpha value is -1.38. The fraction of sp³-hybridized carbons (Fsp3) is 0.364. The van der Waals surface area contributed by atoms with E-state index in [0.717, 1.165) is 16.7 Å². The van der Waals surface area contributed by atoms with Gasteiger partial charge in [0.25, 0.3) is 0 Å². The normalized spacial score (nSPS) is 15.8. The molecule has 16 heavy (non-hydrogen) atoms. The summed E-state index contributed by atoms with van der Waals surface area (Å²) >= 11 is 0. The molecule has 0 atom stereocenters. The van der Waals surface area contributed by atoms with Gasteiger partial charge in [0.1, 0.15) is 0 Å². The minimum Gasteiger partial charge on any atom is -0.212 e. The molecular formula is C11H12N2O2S. The van der Waals surface area contributed by atoms with Crippen LogP contribution in [0.3, 0.4) is 0 Å². The zero-order chi connectivity index (χ0) is 11.8. The highest BCUT2D eigenvalue weighted by molar-refractivity contribution is 7.88. The number of rotatable bonds is 2. The molecule has 5 heteroatoms. The maximum atomic E-state index is 11.4. The highest BCUT2D eigenvalue weighted by Gasteiger charge is 2.25. The van der Waals surface area contributed by atoms with Gasteiger partial charge in [0, 0.05) is 13.1 Å². The molecule has 2 rings (SSSR count). The van der Waals surface area contributed by atoms with Crippen molar-refractivity contribution < 1.29 is 8.42 Å². The Balaban J connectivity index is 2.29. The van der Waals surface area contributed by atoms with Crippen molar-refractivity contribution in [1.29, 1.82) is 5.26 Å². The molecular weight excluding hydrogens is 224 g/mol. The average molecular weight is 236 g/mol. The summed E-state index contributed by atoms with van der Waals surface area (Å²) in [6, 6.07) is 7.80. The van der Waals surface area contributed by atoms with E-state index in [4.69, 9.17) is 5.26 Å². The van der Waals surface area contributed by atoms with Crippen molar-refractivity contribution in [3.8, 4) is 6.07 Å². The molecule has 1 aromatic rings. The highest BCUT2D eigenvalue weighted by atomic mass is 32.2. The molecule has 1 heterocycles. The van der Waals surface area contributed by atoms with Crippen LogP contribution in [0.2, 0.25) is 0 Å². The second-order valence-corrected chi connectivity index (χ2v) is 5.95. The Kier molecular flexibility index (Phi) is 2.70. The Bertz CT molecular complexity index is 558. The Morgan fingerprint density at radius 2 is 2.06 bits per heavy atom. The lowest BCUT2D eigenvalue weighted by atomic mass is 10.1. The van der Waals surface area contributed by atoms with Gasteiger partial charge in [-0.05, 0) is 16.7 Å². The molecule has 4 nitrogen and oxygen atoms in total. The highest BCUT2D eigenvalue weighted by Crippen LogP contribution is 2.25. The van der Waals surface area contributed by atoms with E-state index in [-0.39, 0.29) is 0 Å². The lowest BCUT2D eigenvalue weighted by molar-refractivity contribution is 0.436. The summed E-state index contributed by atoms with van der Waals surface area (Å²) in [5.41, 5.74) is 2.99. The van der Waals surface area contributed by atoms with E-state index < -0.39 is 10.0 Å². The molecule has 0 aliphatic carbocycles. The van der Waals surface area contributed by atoms with Crippen molar-refractivity contribution in [3.05, 3.63) is 34.9 Å². The van der Waals surface area contributed by atoms with Crippen molar-refractivity contribution in [2.45, 2.75) is 19.5 Å². The third-order valence-electron chi connectivity index (χ3n) is 2.72. The summed E-state index contributed by atoms with van der Waals surface area (Å²) in [6.45, 7) is 0.869. The molecule has 0 amide bonds. The van der Waals surface area contributed by atoms with Crippen LogP contribution >= 0.6 is 0 Å². The minimum atomic E-state index is -3.13. The Morgan fingerprint density at radius 1 is 1.38 bits per heavy atom. The molecule has 0 radical (unpaired) electrons. The number of benzene rings is 1. The number of nitrogens with zero attached hydrogens (tertiary/aromatic N) is 2. The average Bonchev–Trinajstić information content (AvgIpc) is 2.60. The molecule has 0 N–H and O–H groups in total. The second-order valence-electron chi connectivity index (χ2n) is 3.97. The number of hydrogen-bond donors (Lipinski definition) is 0. The summed E-state index contributed by atoms with van der Waals surface area (Å²) in [6.07, 6.45) is 1.58. The van der Waals surface area contributed by atoms with E-state index in [1.54, 1.807) is 0 Å². The topological polar surface area (TPSA) is 61.2 Å². The summed E-state index contributed by atoms with van der Waals surface area (Å²) in [5.74, 6) is 0. The lowest BCUT2D eigenvalue weighted by Gasteiger charge is -2.10. The maximum absolute atomic E-state index is 11.4. The molecule has 1 aliphatic rings. The number of hydrogen-bond acceptors (Lipinski definition) is 3. The quantitative estimate of drug-likeness (QED) is 0.770. The van der Waals surface area contributed by atoms with Gasteiger partial charge in [0.2, 0.25) is 10.0 Å². The van der Waals surface area contributed by atoms with Gasteiger partial charge in [-0.25, -0.2) is 8.42 Å². The van der Waals surface area contributed by atoms with Crippen molar-refractivity contribution >= 4 is 10.0 Å². The largest absolute Gasteiger partial charge is 0.212 e. The number of sulfonamides is 1. The molecule has 84 valence electrons. The van der Waals surface area contributed by atoms with Crippen molar-refractivity contribution in [2.75, 3.05) is 6.26 Å². The van der Waals surface area contributed by atoms with E-state index >= 15 is 0 Å². The molecule has 0 aromatic heterocycles. The fourth-order valence-corrected chi connectivity index (χ4v) is 2.60. The minimum absolute atomic E-state index is 0.367. The van der Waals surface area contributed by atoms with Crippen LogP contribution < -0.4 is 0 Å². The SMILES string of the molecule is CS(=O)(=O)N1Cc2ccc(CC#N)cc2C1. The van der Waals surface area contributed by atoms with Gasteiger partial charge in [0.05, 0.1) is 18.7 Å². The van der Waals surface area contributed by atoms with E-state index in [1.807, 2.05) is 18.2 Å². The molecule has 0 saturated carbocycles. The van der Waals surface area contributed by atoms with E-state index in [0.29, 0.717) is 19.5 Å². The molecule has 0 bridgehead atoms. The molecule has 1 aliphatic heterocycles. The van der Waals surface area contributed by atoms with Crippen molar-refractivity contribution in [1.82, 2.24) is 4.31 Å². The Labute approximate surface area is 95.2 Å². The molecule has 0 fully saturated rings. The molecule has 0 saturated heterocycles. The van der Waals surface area contributed by atoms with E-state index in [1.165, 1.54) is 10.6 Å². The van der Waals surface area contributed by atoms with E-state index in [9.17, 15) is 8.42 Å². The van der Waals surface area contributed by atoms with Crippen LogP contribution in [0.5, 0.6) is 0 Å². The predicted octanol–water partition coefficient (Wildman–Crippen LogP) is 1.03. The van der Waals surface area contributed by atoms with Gasteiger partial charge in [-0.1, -0.05) is 18.2 Å². The molecule has 0 unspecified atom stereocenters. The third kappa shape index (κ3) is 2.08. The fourth-order valence-electron chi connectivity index (χ4n) is 1.85. The standard InChI is InChI=1S/C11H12N2O2S/c1-16(14,15)13-7-10-3-2-9(4-5-12)6-11(10)8-13/h2-3,6H,4,7-8H2,1H3. The van der Waals surface area contributed by atoms with Gasteiger partial charge < -0.3 is 0 Å². The van der Waals surface area contributed by atoms with Gasteiger partial charge in [0.15, 0.2) is 0 Å². The Morgan fingerprint density at radius 3 is 2.69 bits per heavy atom. The van der Waals surface area contributed by atoms with Crippen LogP contribution in [-0.2, 0) is 29.5 Å². The summed E-state index contributed by atoms with van der Waals surface area (Å²) in [7, 11) is -3.13. The first-order valence-corrected chi connectivity index (χ1v) is 6.78. The van der Waals surface area contributed by atoms with Gasteiger partial charge in [-0.2, -0.15) is 9.57 Å². The van der Waals surface area contributed by atoms with Crippen LogP contribution in [0.15, 0.2) is 18.2 Å². The first-order valence-electron chi connectivity index (χ1n) is 4.93. The monoisotopic (exact) mass is 236 g/mol. The third-order valence-corrected chi connectivity index (χ3v) is 3.91. The van der Waals surface area contributed by atoms with Crippen LogP contribution in [-0.4, -0.2) is 19.0 Å². The zero-order valence-electron chi connectivity index (χ0n) is 8.97. The van der Waals surface area contributed by atoms with Crippen LogP contribution in [0, 0.1) is 11.3 Å². The molecule has 0 spiro atoms. The van der Waals surface area contributed by atoms with Gasteiger partial charge in [-0.3, -0.25) is 0 Å². The van der Waals surface area contributed by atoms with Crippen LogP contribution in [0.1, 0.15) is 16.7 Å². The van der Waals surface area contributed by atoms with Gasteiger partial charge in [-0.15, -0.1) is 0 Å². The smallest absolute Gasteiger partial charge is 0.211 e. The first-order chi connectivity index (χ1) is 7.50. The van der Waals surface area contributed by atoms with Crippen molar-refractivity contribution in [3.63, 3.8) is 0 Å². The van der Waals surface area contributed by atoms with Gasteiger partial charge >= 0.3 is 0 Å². The second kappa shape index (κ2) is 3.89. The van der Waals surface area contributed by atoms with E-state index in [2.05, 4.69) is 6.07 Å². The molecule has 1 aromatic carbocycles. The number of fused-ring (bicyclic) bond motifs is 1. The summed E-state index contributed by atoms with van der Waals surface area (Å²) in [4.78, 5) is 0. The summed E-state index contributed by atoms with van der Waals surface area (Å²) in [5, 5.41) is 8.59. The number of nitriles is 1. The predicted molar refractivity (Wildman–Crippen MR) is 59.8 cm³/mol. The maximum Gasteiger partial charge on any atom is 0.211 e. The van der Waals surface area contributed by atoms with Crippen LogP contribution in [0.25, 0.3) is 0 Å². The van der Waals surface area contributed by atoms with Crippen LogP contribution in [0.4, 0.5) is 0 Å². The summed E-state index contributed by atoms with van der Waals surface area (Å²) < 4.78 is 24.2.